The van der Waals surface area contributed by atoms with Gasteiger partial charge in [0.25, 0.3) is 0 Å². The molecule has 2 atom stereocenters. The number of anilines is 2. The summed E-state index contributed by atoms with van der Waals surface area (Å²) < 4.78 is 9.68. The second-order valence-electron chi connectivity index (χ2n) is 5.06. The average molecular weight is 269 g/mol. The normalized spacial score (nSPS) is 23.9. The first-order valence-corrected chi connectivity index (χ1v) is 7.61. The van der Waals surface area contributed by atoms with Crippen molar-refractivity contribution in [2.24, 2.45) is 11.8 Å². The van der Waals surface area contributed by atoms with Crippen molar-refractivity contribution >= 4 is 22.4 Å². The van der Waals surface area contributed by atoms with Crippen molar-refractivity contribution in [3.8, 4) is 5.75 Å². The summed E-state index contributed by atoms with van der Waals surface area (Å²) in [6.45, 7) is 5.94. The van der Waals surface area contributed by atoms with Crippen LogP contribution in [0.2, 0.25) is 0 Å². The molecular weight excluding hydrogens is 246 g/mol. The summed E-state index contributed by atoms with van der Waals surface area (Å²) in [6, 6.07) is 0. The first kappa shape index (κ1) is 13.5. The number of hydrogen-bond donors (Lipinski definition) is 2. The summed E-state index contributed by atoms with van der Waals surface area (Å²) in [5, 5.41) is 4.45. The van der Waals surface area contributed by atoms with Gasteiger partial charge in [0.05, 0.1) is 6.61 Å². The molecule has 0 saturated heterocycles. The van der Waals surface area contributed by atoms with E-state index in [-0.39, 0.29) is 0 Å². The van der Waals surface area contributed by atoms with Crippen LogP contribution in [0.15, 0.2) is 0 Å². The Labute approximate surface area is 113 Å². The van der Waals surface area contributed by atoms with E-state index in [0.29, 0.717) is 12.4 Å². The van der Waals surface area contributed by atoms with E-state index in [1.807, 2.05) is 6.92 Å². The lowest BCUT2D eigenvalue weighted by molar-refractivity contribution is 0.268. The molecule has 18 heavy (non-hydrogen) atoms. The van der Waals surface area contributed by atoms with E-state index in [1.54, 1.807) is 0 Å². The van der Waals surface area contributed by atoms with Crippen molar-refractivity contribution < 1.29 is 4.74 Å². The largest absolute Gasteiger partial charge is 0.487 e. The van der Waals surface area contributed by atoms with Gasteiger partial charge in [-0.25, -0.2) is 0 Å². The molecule has 1 aliphatic carbocycles. The summed E-state index contributed by atoms with van der Waals surface area (Å²) in [5.74, 6) is 2.80. The van der Waals surface area contributed by atoms with Crippen LogP contribution in [0, 0.1) is 11.8 Å². The molecule has 1 heterocycles. The Hall–Kier alpha value is -0.970. The number of aromatic nitrogens is 1. The van der Waals surface area contributed by atoms with Crippen molar-refractivity contribution in [1.29, 1.82) is 0 Å². The molecule has 1 saturated carbocycles. The molecule has 0 bridgehead atoms. The molecular formula is C13H23N3OS. The molecule has 3 N–H and O–H groups in total. The second-order valence-corrected chi connectivity index (χ2v) is 5.84. The van der Waals surface area contributed by atoms with E-state index in [2.05, 4.69) is 16.6 Å². The van der Waals surface area contributed by atoms with Gasteiger partial charge in [0, 0.05) is 6.54 Å². The van der Waals surface area contributed by atoms with Gasteiger partial charge in [-0.2, -0.15) is 4.37 Å². The summed E-state index contributed by atoms with van der Waals surface area (Å²) in [6.07, 6.45) is 5.43. The first-order valence-electron chi connectivity index (χ1n) is 6.84. The number of nitrogens with two attached hydrogens (primary N) is 1. The van der Waals surface area contributed by atoms with Gasteiger partial charge < -0.3 is 15.8 Å². The quantitative estimate of drug-likeness (QED) is 0.860. The monoisotopic (exact) mass is 269 g/mol. The van der Waals surface area contributed by atoms with E-state index >= 15 is 0 Å². The van der Waals surface area contributed by atoms with Crippen molar-refractivity contribution in [1.82, 2.24) is 4.37 Å². The van der Waals surface area contributed by atoms with Crippen LogP contribution in [0.25, 0.3) is 0 Å². The van der Waals surface area contributed by atoms with Crippen LogP contribution in [0.4, 0.5) is 10.8 Å². The Bertz CT molecular complexity index is 380. The Balaban J connectivity index is 1.93. The number of rotatable bonds is 5. The molecule has 0 amide bonds. The maximum Gasteiger partial charge on any atom is 0.197 e. The molecule has 0 spiro atoms. The van der Waals surface area contributed by atoms with Crippen LogP contribution in [0.1, 0.15) is 39.5 Å². The maximum atomic E-state index is 5.80. The minimum atomic E-state index is 0.501. The Morgan fingerprint density at radius 2 is 2.22 bits per heavy atom. The van der Waals surface area contributed by atoms with E-state index in [1.165, 1.54) is 37.2 Å². The van der Waals surface area contributed by atoms with Gasteiger partial charge in [0.1, 0.15) is 0 Å². The number of hydrogen-bond acceptors (Lipinski definition) is 5. The maximum absolute atomic E-state index is 5.80. The van der Waals surface area contributed by atoms with Crippen LogP contribution in [0.3, 0.4) is 0 Å². The van der Waals surface area contributed by atoms with Gasteiger partial charge in [0.2, 0.25) is 0 Å². The van der Waals surface area contributed by atoms with Gasteiger partial charge in [-0.1, -0.05) is 26.2 Å². The summed E-state index contributed by atoms with van der Waals surface area (Å²) >= 11 is 1.39. The molecule has 1 aromatic rings. The fourth-order valence-electron chi connectivity index (χ4n) is 2.61. The second kappa shape index (κ2) is 6.27. The number of nitrogens with zero attached hydrogens (tertiary/aromatic N) is 1. The van der Waals surface area contributed by atoms with Gasteiger partial charge in [-0.3, -0.25) is 0 Å². The lowest BCUT2D eigenvalue weighted by atomic mass is 9.80. The zero-order valence-corrected chi connectivity index (χ0v) is 12.1. The van der Waals surface area contributed by atoms with E-state index in [0.717, 1.165) is 29.1 Å². The summed E-state index contributed by atoms with van der Waals surface area (Å²) in [5.41, 5.74) is 5.80. The van der Waals surface area contributed by atoms with E-state index < -0.39 is 0 Å². The lowest BCUT2D eigenvalue weighted by Gasteiger charge is -2.28. The lowest BCUT2D eigenvalue weighted by Crippen LogP contribution is -2.24. The van der Waals surface area contributed by atoms with E-state index in [9.17, 15) is 0 Å². The number of ether oxygens (including phenoxy) is 1. The molecule has 0 aromatic carbocycles. The minimum Gasteiger partial charge on any atom is -0.487 e. The number of nitrogen functional groups attached to an aromatic ring is 1. The third-order valence-corrected chi connectivity index (χ3v) is 4.58. The molecule has 5 heteroatoms. The van der Waals surface area contributed by atoms with Crippen molar-refractivity contribution in [2.45, 2.75) is 39.5 Å². The molecule has 1 aromatic heterocycles. The SMILES string of the molecule is CCOc1c(N)nsc1NCC1CCCCC1C. The van der Waals surface area contributed by atoms with Gasteiger partial charge in [-0.15, -0.1) is 0 Å². The van der Waals surface area contributed by atoms with Crippen LogP contribution < -0.4 is 15.8 Å². The molecule has 1 fully saturated rings. The Morgan fingerprint density at radius 3 is 2.94 bits per heavy atom. The molecule has 102 valence electrons. The van der Waals surface area contributed by atoms with Crippen molar-refractivity contribution in [3.63, 3.8) is 0 Å². The highest BCUT2D eigenvalue weighted by Gasteiger charge is 2.22. The third kappa shape index (κ3) is 3.07. The molecule has 2 unspecified atom stereocenters. The zero-order chi connectivity index (χ0) is 13.0. The highest BCUT2D eigenvalue weighted by Crippen LogP contribution is 2.36. The third-order valence-electron chi connectivity index (χ3n) is 3.78. The molecule has 4 nitrogen and oxygen atoms in total. The number of nitrogens with one attached hydrogen (secondary N) is 1. The average Bonchev–Trinajstić information content (AvgIpc) is 2.71. The highest BCUT2D eigenvalue weighted by atomic mass is 32.1. The molecule has 0 radical (unpaired) electrons. The van der Waals surface area contributed by atoms with E-state index in [4.69, 9.17) is 10.5 Å². The summed E-state index contributed by atoms with van der Waals surface area (Å²) in [7, 11) is 0. The van der Waals surface area contributed by atoms with Crippen LogP contribution >= 0.6 is 11.5 Å². The fraction of sp³-hybridized carbons (Fsp3) is 0.769. The topological polar surface area (TPSA) is 60.2 Å². The predicted octanol–water partition coefficient (Wildman–Crippen LogP) is 3.36. The fourth-order valence-corrected chi connectivity index (χ4v) is 3.28. The molecule has 1 aliphatic rings. The Morgan fingerprint density at radius 1 is 1.44 bits per heavy atom. The van der Waals surface area contributed by atoms with Crippen LogP contribution in [-0.2, 0) is 0 Å². The van der Waals surface area contributed by atoms with Crippen molar-refractivity contribution in [3.05, 3.63) is 0 Å². The van der Waals surface area contributed by atoms with Crippen LogP contribution in [-0.4, -0.2) is 17.5 Å². The Kier molecular flexibility index (Phi) is 4.69. The highest BCUT2D eigenvalue weighted by molar-refractivity contribution is 7.11. The van der Waals surface area contributed by atoms with Gasteiger partial charge in [0.15, 0.2) is 16.6 Å². The minimum absolute atomic E-state index is 0.501. The first-order chi connectivity index (χ1) is 8.72. The van der Waals surface area contributed by atoms with Crippen LogP contribution in [0.5, 0.6) is 5.75 Å². The van der Waals surface area contributed by atoms with Crippen molar-refractivity contribution in [2.75, 3.05) is 24.2 Å². The smallest absolute Gasteiger partial charge is 0.197 e. The standard InChI is InChI=1S/C13H23N3OS/c1-3-17-11-12(14)16-18-13(11)15-8-10-7-5-4-6-9(10)2/h9-10,15H,3-8H2,1-2H3,(H2,14,16). The molecule has 2 rings (SSSR count). The zero-order valence-electron chi connectivity index (χ0n) is 11.2. The summed E-state index contributed by atoms with van der Waals surface area (Å²) in [4.78, 5) is 0. The van der Waals surface area contributed by atoms with Gasteiger partial charge >= 0.3 is 0 Å². The molecule has 0 aliphatic heterocycles. The van der Waals surface area contributed by atoms with Gasteiger partial charge in [-0.05, 0) is 36.7 Å². The predicted molar refractivity (Wildman–Crippen MR) is 77.3 cm³/mol.